The minimum absolute atomic E-state index is 0.471. The SMILES string of the molecule is Nc1cc2c(c(N)c1Cl)CCc1cc(Br)cnc1C2. The maximum atomic E-state index is 6.13. The number of nitrogen functional groups attached to an aromatic ring is 2. The topological polar surface area (TPSA) is 64.9 Å². The van der Waals surface area contributed by atoms with Crippen LogP contribution in [0.5, 0.6) is 0 Å². The van der Waals surface area contributed by atoms with E-state index in [9.17, 15) is 0 Å². The van der Waals surface area contributed by atoms with Crippen LogP contribution >= 0.6 is 27.5 Å². The molecule has 3 rings (SSSR count). The highest BCUT2D eigenvalue weighted by molar-refractivity contribution is 9.10. The van der Waals surface area contributed by atoms with Crippen molar-refractivity contribution in [3.63, 3.8) is 0 Å². The zero-order chi connectivity index (χ0) is 13.6. The van der Waals surface area contributed by atoms with Gasteiger partial charge in [0.2, 0.25) is 0 Å². The number of pyridine rings is 1. The largest absolute Gasteiger partial charge is 0.397 e. The van der Waals surface area contributed by atoms with Gasteiger partial charge in [0, 0.05) is 22.8 Å². The second-order valence-corrected chi connectivity index (χ2v) is 6.06. The first-order chi connectivity index (χ1) is 9.06. The molecule has 3 nitrogen and oxygen atoms in total. The highest BCUT2D eigenvalue weighted by Crippen LogP contribution is 2.36. The van der Waals surface area contributed by atoms with Crippen LogP contribution in [0, 0.1) is 0 Å². The van der Waals surface area contributed by atoms with Gasteiger partial charge in [0.15, 0.2) is 0 Å². The van der Waals surface area contributed by atoms with E-state index in [0.29, 0.717) is 16.4 Å². The van der Waals surface area contributed by atoms with Gasteiger partial charge in [-0.05, 0) is 57.6 Å². The lowest BCUT2D eigenvalue weighted by molar-refractivity contribution is 0.951. The van der Waals surface area contributed by atoms with Crippen molar-refractivity contribution in [2.24, 2.45) is 0 Å². The summed E-state index contributed by atoms with van der Waals surface area (Å²) in [4.78, 5) is 4.50. The van der Waals surface area contributed by atoms with Crippen LogP contribution in [0.2, 0.25) is 5.02 Å². The average molecular weight is 339 g/mol. The van der Waals surface area contributed by atoms with Crippen LogP contribution in [0.3, 0.4) is 0 Å². The second-order valence-electron chi connectivity index (χ2n) is 4.77. The normalized spacial score (nSPS) is 13.6. The van der Waals surface area contributed by atoms with E-state index in [4.69, 9.17) is 23.1 Å². The van der Waals surface area contributed by atoms with E-state index < -0.39 is 0 Å². The number of halogens is 2. The monoisotopic (exact) mass is 337 g/mol. The van der Waals surface area contributed by atoms with E-state index in [1.165, 1.54) is 5.56 Å². The Kier molecular flexibility index (Phi) is 3.15. The van der Waals surface area contributed by atoms with Crippen molar-refractivity contribution >= 4 is 38.9 Å². The van der Waals surface area contributed by atoms with E-state index in [1.54, 1.807) is 0 Å². The maximum Gasteiger partial charge on any atom is 0.0867 e. The van der Waals surface area contributed by atoms with Crippen LogP contribution in [-0.4, -0.2) is 4.98 Å². The van der Waals surface area contributed by atoms with E-state index in [-0.39, 0.29) is 0 Å². The van der Waals surface area contributed by atoms with Crippen molar-refractivity contribution in [1.82, 2.24) is 4.98 Å². The van der Waals surface area contributed by atoms with E-state index in [1.807, 2.05) is 12.3 Å². The summed E-state index contributed by atoms with van der Waals surface area (Å²) in [6.45, 7) is 0. The van der Waals surface area contributed by atoms with Crippen molar-refractivity contribution in [3.8, 4) is 0 Å². The van der Waals surface area contributed by atoms with Crippen LogP contribution in [0.25, 0.3) is 0 Å². The average Bonchev–Trinajstić information content (AvgIpc) is 2.55. The van der Waals surface area contributed by atoms with Gasteiger partial charge in [0.05, 0.1) is 16.4 Å². The lowest BCUT2D eigenvalue weighted by Gasteiger charge is -2.12. The van der Waals surface area contributed by atoms with Crippen molar-refractivity contribution in [1.29, 1.82) is 0 Å². The molecule has 1 aromatic carbocycles. The van der Waals surface area contributed by atoms with Crippen LogP contribution in [-0.2, 0) is 19.3 Å². The van der Waals surface area contributed by atoms with Gasteiger partial charge in [-0.15, -0.1) is 0 Å². The third kappa shape index (κ3) is 2.19. The molecule has 0 bridgehead atoms. The number of anilines is 2. The molecule has 19 heavy (non-hydrogen) atoms. The number of fused-ring (bicyclic) bond motifs is 2. The molecule has 0 atom stereocenters. The number of benzene rings is 1. The van der Waals surface area contributed by atoms with Gasteiger partial charge < -0.3 is 11.5 Å². The number of hydrogen-bond donors (Lipinski definition) is 2. The van der Waals surface area contributed by atoms with E-state index in [0.717, 1.165) is 40.6 Å². The van der Waals surface area contributed by atoms with Crippen molar-refractivity contribution in [3.05, 3.63) is 50.2 Å². The number of nitrogens with two attached hydrogens (primary N) is 2. The Morgan fingerprint density at radius 1 is 1.16 bits per heavy atom. The third-order valence-corrected chi connectivity index (χ3v) is 4.42. The van der Waals surface area contributed by atoms with Crippen LogP contribution in [0.1, 0.15) is 22.4 Å². The molecule has 5 heteroatoms. The standard InChI is InChI=1S/C14H13BrClN3/c15-9-3-7-1-2-10-8(5-12(7)19-6-9)4-11(17)13(16)14(10)18/h3-4,6H,1-2,5,17-18H2. The third-order valence-electron chi connectivity index (χ3n) is 3.56. The highest BCUT2D eigenvalue weighted by Gasteiger charge is 2.19. The molecule has 1 aromatic heterocycles. The summed E-state index contributed by atoms with van der Waals surface area (Å²) in [5, 5.41) is 0.471. The molecule has 0 radical (unpaired) electrons. The molecule has 0 aliphatic heterocycles. The molecule has 1 aliphatic rings. The lowest BCUT2D eigenvalue weighted by atomic mass is 9.99. The first kappa shape index (κ1) is 12.8. The predicted octanol–water partition coefficient (Wildman–Crippen LogP) is 3.35. The van der Waals surface area contributed by atoms with Crippen LogP contribution < -0.4 is 11.5 Å². The van der Waals surface area contributed by atoms with Gasteiger partial charge in [-0.2, -0.15) is 0 Å². The van der Waals surface area contributed by atoms with Crippen LogP contribution in [0.4, 0.5) is 11.4 Å². The van der Waals surface area contributed by atoms with Gasteiger partial charge in [0.1, 0.15) is 0 Å². The molecule has 0 fully saturated rings. The number of nitrogens with zero attached hydrogens (tertiary/aromatic N) is 1. The molecule has 0 saturated carbocycles. The summed E-state index contributed by atoms with van der Waals surface area (Å²) >= 11 is 9.59. The first-order valence-corrected chi connectivity index (χ1v) is 7.22. The smallest absolute Gasteiger partial charge is 0.0867 e. The summed E-state index contributed by atoms with van der Waals surface area (Å²) in [5.74, 6) is 0. The molecular formula is C14H13BrClN3. The Hall–Kier alpha value is -1.26. The van der Waals surface area contributed by atoms with Gasteiger partial charge >= 0.3 is 0 Å². The Balaban J connectivity index is 2.14. The Morgan fingerprint density at radius 2 is 1.95 bits per heavy atom. The van der Waals surface area contributed by atoms with Crippen molar-refractivity contribution < 1.29 is 0 Å². The number of aryl methyl sites for hydroxylation is 1. The number of aromatic nitrogens is 1. The van der Waals surface area contributed by atoms with Gasteiger partial charge in [-0.1, -0.05) is 11.6 Å². The van der Waals surface area contributed by atoms with Gasteiger partial charge in [-0.3, -0.25) is 4.98 Å². The summed E-state index contributed by atoms with van der Waals surface area (Å²) in [6, 6.07) is 4.04. The molecular weight excluding hydrogens is 326 g/mol. The molecule has 1 aliphatic carbocycles. The fraction of sp³-hybridized carbons (Fsp3) is 0.214. The second kappa shape index (κ2) is 4.69. The Labute approximate surface area is 125 Å². The molecule has 1 heterocycles. The van der Waals surface area contributed by atoms with Crippen LogP contribution in [0.15, 0.2) is 22.8 Å². The van der Waals surface area contributed by atoms with Crippen molar-refractivity contribution in [2.75, 3.05) is 11.5 Å². The molecule has 2 aromatic rings. The van der Waals surface area contributed by atoms with Crippen molar-refractivity contribution in [2.45, 2.75) is 19.3 Å². The zero-order valence-corrected chi connectivity index (χ0v) is 12.6. The van der Waals surface area contributed by atoms with E-state index >= 15 is 0 Å². The summed E-state index contributed by atoms with van der Waals surface area (Å²) in [7, 11) is 0. The number of rotatable bonds is 0. The summed E-state index contributed by atoms with van der Waals surface area (Å²) in [6.07, 6.45) is 4.36. The van der Waals surface area contributed by atoms with Gasteiger partial charge in [-0.25, -0.2) is 0 Å². The zero-order valence-electron chi connectivity index (χ0n) is 10.2. The quantitative estimate of drug-likeness (QED) is 0.724. The Morgan fingerprint density at radius 3 is 2.74 bits per heavy atom. The maximum absolute atomic E-state index is 6.13. The molecule has 98 valence electrons. The minimum Gasteiger partial charge on any atom is -0.397 e. The fourth-order valence-electron chi connectivity index (χ4n) is 2.58. The number of hydrogen-bond acceptors (Lipinski definition) is 3. The fourth-order valence-corrected chi connectivity index (χ4v) is 3.12. The lowest BCUT2D eigenvalue weighted by Crippen LogP contribution is -2.03. The first-order valence-electron chi connectivity index (χ1n) is 6.04. The molecule has 0 spiro atoms. The van der Waals surface area contributed by atoms with Gasteiger partial charge in [0.25, 0.3) is 0 Å². The predicted molar refractivity (Wildman–Crippen MR) is 82.4 cm³/mol. The van der Waals surface area contributed by atoms with E-state index in [2.05, 4.69) is 27.0 Å². The summed E-state index contributed by atoms with van der Waals surface area (Å²) < 4.78 is 1.00. The molecule has 0 unspecified atom stereocenters. The minimum atomic E-state index is 0.471. The Bertz CT molecular complexity index is 670. The molecule has 0 amide bonds. The summed E-state index contributed by atoms with van der Waals surface area (Å²) in [5.41, 5.74) is 17.7. The molecule has 4 N–H and O–H groups in total. The highest BCUT2D eigenvalue weighted by atomic mass is 79.9. The molecule has 0 saturated heterocycles.